The van der Waals surface area contributed by atoms with Gasteiger partial charge in [0.15, 0.2) is 5.82 Å². The fraction of sp³-hybridized carbons (Fsp3) is 0.200. The average molecular weight is 204 g/mol. The lowest BCUT2D eigenvalue weighted by molar-refractivity contribution is 0.411. The van der Waals surface area contributed by atoms with Gasteiger partial charge in [0.05, 0.1) is 13.3 Å². The topological polar surface area (TPSA) is 66.0 Å². The molecule has 0 saturated carbocycles. The van der Waals surface area contributed by atoms with Crippen LogP contribution in [0.25, 0.3) is 5.69 Å². The molecule has 0 fully saturated rings. The van der Waals surface area contributed by atoms with E-state index in [1.54, 1.807) is 18.0 Å². The number of nitrogens with two attached hydrogens (primary N) is 1. The van der Waals surface area contributed by atoms with Gasteiger partial charge in [-0.3, -0.25) is 0 Å². The van der Waals surface area contributed by atoms with Crippen molar-refractivity contribution in [2.45, 2.75) is 6.92 Å². The van der Waals surface area contributed by atoms with Crippen molar-refractivity contribution in [3.63, 3.8) is 0 Å². The molecule has 2 rings (SSSR count). The fourth-order valence-electron chi connectivity index (χ4n) is 1.37. The number of anilines is 1. The minimum atomic E-state index is 0.388. The molecule has 0 unspecified atom stereocenters. The van der Waals surface area contributed by atoms with Crippen molar-refractivity contribution in [2.24, 2.45) is 0 Å². The summed E-state index contributed by atoms with van der Waals surface area (Å²) < 4.78 is 6.83. The first-order valence-electron chi connectivity index (χ1n) is 4.53. The monoisotopic (exact) mass is 204 g/mol. The van der Waals surface area contributed by atoms with Crippen LogP contribution in [0.5, 0.6) is 5.75 Å². The van der Waals surface area contributed by atoms with Crippen LogP contribution in [-0.4, -0.2) is 22.1 Å². The SMILES string of the molecule is COc1ccc(C)cc1-n1cc(N)nn1. The number of hydrogen-bond donors (Lipinski definition) is 1. The van der Waals surface area contributed by atoms with E-state index in [4.69, 9.17) is 10.5 Å². The highest BCUT2D eigenvalue weighted by molar-refractivity contribution is 5.49. The summed E-state index contributed by atoms with van der Waals surface area (Å²) in [6, 6.07) is 5.83. The van der Waals surface area contributed by atoms with E-state index < -0.39 is 0 Å². The van der Waals surface area contributed by atoms with Crippen LogP contribution >= 0.6 is 0 Å². The quantitative estimate of drug-likeness (QED) is 0.797. The second kappa shape index (κ2) is 3.61. The number of rotatable bonds is 2. The average Bonchev–Trinajstić information content (AvgIpc) is 2.65. The molecular formula is C10H12N4O. The molecular weight excluding hydrogens is 192 g/mol. The number of methoxy groups -OCH3 is 1. The predicted octanol–water partition coefficient (Wildman–Crippen LogP) is 1.17. The summed E-state index contributed by atoms with van der Waals surface area (Å²) in [5.41, 5.74) is 7.47. The van der Waals surface area contributed by atoms with E-state index in [0.29, 0.717) is 5.82 Å². The molecule has 78 valence electrons. The van der Waals surface area contributed by atoms with Gasteiger partial charge in [0.1, 0.15) is 11.4 Å². The van der Waals surface area contributed by atoms with Crippen LogP contribution in [0.3, 0.4) is 0 Å². The zero-order valence-electron chi connectivity index (χ0n) is 8.64. The summed E-state index contributed by atoms with van der Waals surface area (Å²) in [5.74, 6) is 1.13. The standard InChI is InChI=1S/C10H12N4O/c1-7-3-4-9(15-2)8(5-7)14-6-10(11)12-13-14/h3-6H,11H2,1-2H3. The van der Waals surface area contributed by atoms with E-state index >= 15 is 0 Å². The van der Waals surface area contributed by atoms with Gasteiger partial charge in [0, 0.05) is 0 Å². The molecule has 0 aliphatic carbocycles. The summed E-state index contributed by atoms with van der Waals surface area (Å²) in [5, 5.41) is 7.63. The Hall–Kier alpha value is -2.04. The highest BCUT2D eigenvalue weighted by atomic mass is 16.5. The van der Waals surface area contributed by atoms with E-state index in [1.165, 1.54) is 0 Å². The molecule has 0 aliphatic rings. The molecule has 5 heteroatoms. The molecule has 0 saturated heterocycles. The predicted molar refractivity (Wildman–Crippen MR) is 57.1 cm³/mol. The molecule has 1 aromatic carbocycles. The van der Waals surface area contributed by atoms with Crippen LogP contribution in [-0.2, 0) is 0 Å². The second-order valence-corrected chi connectivity index (χ2v) is 3.26. The third-order valence-corrected chi connectivity index (χ3v) is 2.09. The number of aryl methyl sites for hydroxylation is 1. The van der Waals surface area contributed by atoms with Crippen LogP contribution in [0.15, 0.2) is 24.4 Å². The van der Waals surface area contributed by atoms with Gasteiger partial charge < -0.3 is 10.5 Å². The van der Waals surface area contributed by atoms with Crippen molar-refractivity contribution in [3.8, 4) is 11.4 Å². The lowest BCUT2D eigenvalue weighted by Crippen LogP contribution is -1.99. The van der Waals surface area contributed by atoms with E-state index in [-0.39, 0.29) is 0 Å². The van der Waals surface area contributed by atoms with Gasteiger partial charge in [-0.25, -0.2) is 4.68 Å². The molecule has 5 nitrogen and oxygen atoms in total. The summed E-state index contributed by atoms with van der Waals surface area (Å²) in [6.45, 7) is 2.00. The zero-order chi connectivity index (χ0) is 10.8. The number of nitrogens with zero attached hydrogens (tertiary/aromatic N) is 3. The molecule has 15 heavy (non-hydrogen) atoms. The number of aromatic nitrogens is 3. The van der Waals surface area contributed by atoms with Crippen LogP contribution < -0.4 is 10.5 Å². The van der Waals surface area contributed by atoms with Crippen molar-refractivity contribution >= 4 is 5.82 Å². The molecule has 0 bridgehead atoms. The number of nitrogen functional groups attached to an aromatic ring is 1. The van der Waals surface area contributed by atoms with Crippen LogP contribution in [0, 0.1) is 6.92 Å². The largest absolute Gasteiger partial charge is 0.494 e. The van der Waals surface area contributed by atoms with Crippen molar-refractivity contribution in [2.75, 3.05) is 12.8 Å². The number of ether oxygens (including phenoxy) is 1. The van der Waals surface area contributed by atoms with Crippen LogP contribution in [0.4, 0.5) is 5.82 Å². The van der Waals surface area contributed by atoms with E-state index in [9.17, 15) is 0 Å². The highest BCUT2D eigenvalue weighted by Crippen LogP contribution is 2.23. The first-order valence-corrected chi connectivity index (χ1v) is 4.53. The minimum absolute atomic E-state index is 0.388. The highest BCUT2D eigenvalue weighted by Gasteiger charge is 2.07. The van der Waals surface area contributed by atoms with Gasteiger partial charge in [0.2, 0.25) is 0 Å². The molecule has 0 radical (unpaired) electrons. The summed E-state index contributed by atoms with van der Waals surface area (Å²) >= 11 is 0. The second-order valence-electron chi connectivity index (χ2n) is 3.26. The lowest BCUT2D eigenvalue weighted by atomic mass is 10.2. The van der Waals surface area contributed by atoms with Crippen molar-refractivity contribution in [3.05, 3.63) is 30.0 Å². The Morgan fingerprint density at radius 1 is 1.40 bits per heavy atom. The number of hydrogen-bond acceptors (Lipinski definition) is 4. The van der Waals surface area contributed by atoms with Gasteiger partial charge >= 0.3 is 0 Å². The van der Waals surface area contributed by atoms with Crippen LogP contribution in [0.1, 0.15) is 5.56 Å². The molecule has 0 atom stereocenters. The summed E-state index contributed by atoms with van der Waals surface area (Å²) in [6.07, 6.45) is 1.65. The number of benzene rings is 1. The molecule has 0 amide bonds. The third-order valence-electron chi connectivity index (χ3n) is 2.09. The maximum Gasteiger partial charge on any atom is 0.166 e. The lowest BCUT2D eigenvalue weighted by Gasteiger charge is -2.08. The first kappa shape index (κ1) is 9.51. The molecule has 1 heterocycles. The molecule has 2 aromatic rings. The first-order chi connectivity index (χ1) is 7.20. The summed E-state index contributed by atoms with van der Waals surface area (Å²) in [4.78, 5) is 0. The Morgan fingerprint density at radius 2 is 2.20 bits per heavy atom. The maximum atomic E-state index is 5.51. The van der Waals surface area contributed by atoms with Gasteiger partial charge in [-0.2, -0.15) is 0 Å². The van der Waals surface area contributed by atoms with Crippen LogP contribution in [0.2, 0.25) is 0 Å². The third kappa shape index (κ3) is 1.76. The van der Waals surface area contributed by atoms with Crippen molar-refractivity contribution in [1.29, 1.82) is 0 Å². The van der Waals surface area contributed by atoms with Crippen molar-refractivity contribution < 1.29 is 4.74 Å². The van der Waals surface area contributed by atoms with Gasteiger partial charge in [-0.1, -0.05) is 11.3 Å². The Labute approximate surface area is 87.5 Å². The minimum Gasteiger partial charge on any atom is -0.494 e. The molecule has 2 N–H and O–H groups in total. The van der Waals surface area contributed by atoms with E-state index in [2.05, 4.69) is 10.3 Å². The Kier molecular flexibility index (Phi) is 2.29. The zero-order valence-corrected chi connectivity index (χ0v) is 8.64. The molecule has 1 aromatic heterocycles. The fourth-order valence-corrected chi connectivity index (χ4v) is 1.37. The van der Waals surface area contributed by atoms with Gasteiger partial charge in [0.25, 0.3) is 0 Å². The van der Waals surface area contributed by atoms with E-state index in [1.807, 2.05) is 25.1 Å². The maximum absolute atomic E-state index is 5.51. The molecule has 0 spiro atoms. The summed E-state index contributed by atoms with van der Waals surface area (Å²) in [7, 11) is 1.62. The van der Waals surface area contributed by atoms with Gasteiger partial charge in [-0.05, 0) is 24.6 Å². The Morgan fingerprint density at radius 3 is 2.80 bits per heavy atom. The smallest absolute Gasteiger partial charge is 0.166 e. The Balaban J connectivity index is 2.55. The van der Waals surface area contributed by atoms with Gasteiger partial charge in [-0.15, -0.1) is 5.10 Å². The normalized spacial score (nSPS) is 10.3. The van der Waals surface area contributed by atoms with Crippen molar-refractivity contribution in [1.82, 2.24) is 15.0 Å². The molecule has 0 aliphatic heterocycles. The van der Waals surface area contributed by atoms with E-state index in [0.717, 1.165) is 17.0 Å². The Bertz CT molecular complexity index is 478.